The second kappa shape index (κ2) is 6.25. The second-order valence-corrected chi connectivity index (χ2v) is 7.42. The van der Waals surface area contributed by atoms with Crippen molar-refractivity contribution < 1.29 is 17.9 Å². The number of nitrogens with two attached hydrogens (primary N) is 1. The van der Waals surface area contributed by atoms with Gasteiger partial charge in [0.05, 0.1) is 30.8 Å². The van der Waals surface area contributed by atoms with Gasteiger partial charge in [-0.25, -0.2) is 13.1 Å². The topological polar surface area (TPSA) is 90.7 Å². The van der Waals surface area contributed by atoms with Crippen molar-refractivity contribution in [3.63, 3.8) is 0 Å². The highest BCUT2D eigenvalue weighted by molar-refractivity contribution is 7.91. The lowest BCUT2D eigenvalue weighted by Gasteiger charge is -2.22. The average molecular weight is 322 g/mol. The van der Waals surface area contributed by atoms with Crippen LogP contribution in [0.2, 0.25) is 0 Å². The summed E-state index contributed by atoms with van der Waals surface area (Å²) in [6.07, 6.45) is -0.251. The minimum Gasteiger partial charge on any atom is -0.389 e. The Labute approximate surface area is 120 Å². The zero-order valence-corrected chi connectivity index (χ0v) is 12.4. The number of sulfonamides is 1. The van der Waals surface area contributed by atoms with Crippen molar-refractivity contribution in [3.05, 3.63) is 17.0 Å². The van der Waals surface area contributed by atoms with Crippen molar-refractivity contribution in [2.45, 2.75) is 10.3 Å². The molecule has 1 atom stereocenters. The number of ether oxygens (including phenoxy) is 2. The molecule has 1 aromatic heterocycles. The van der Waals surface area contributed by atoms with E-state index in [9.17, 15) is 8.42 Å². The molecule has 0 aromatic carbocycles. The van der Waals surface area contributed by atoms with Gasteiger partial charge < -0.3 is 15.2 Å². The standard InChI is InChI=1S/C10H14N2O4S3/c11-10(17)8-1-2-9(18-8)19(13,14)12-5-7-6-15-3-4-16-7/h1-2,7,12H,3-6H2,(H2,11,17). The van der Waals surface area contributed by atoms with Crippen LogP contribution in [0.15, 0.2) is 16.3 Å². The first-order valence-corrected chi connectivity index (χ1v) is 8.28. The van der Waals surface area contributed by atoms with E-state index in [4.69, 9.17) is 27.4 Å². The third-order valence-electron chi connectivity index (χ3n) is 2.48. The predicted molar refractivity (Wildman–Crippen MR) is 76.0 cm³/mol. The lowest BCUT2D eigenvalue weighted by atomic mass is 10.3. The van der Waals surface area contributed by atoms with E-state index in [0.717, 1.165) is 11.3 Å². The first-order valence-electron chi connectivity index (χ1n) is 5.58. The number of nitrogens with one attached hydrogen (secondary N) is 1. The van der Waals surface area contributed by atoms with Crippen LogP contribution < -0.4 is 10.5 Å². The van der Waals surface area contributed by atoms with Gasteiger partial charge >= 0.3 is 0 Å². The summed E-state index contributed by atoms with van der Waals surface area (Å²) in [7, 11) is -3.55. The third-order valence-corrected chi connectivity index (χ3v) is 5.86. The first kappa shape index (κ1) is 14.8. The Kier molecular flexibility index (Phi) is 4.87. The first-order chi connectivity index (χ1) is 8.99. The van der Waals surface area contributed by atoms with Crippen molar-refractivity contribution in [1.82, 2.24) is 4.72 Å². The van der Waals surface area contributed by atoms with E-state index in [1.165, 1.54) is 6.07 Å². The summed E-state index contributed by atoms with van der Waals surface area (Å²) in [6.45, 7) is 1.61. The third kappa shape index (κ3) is 3.94. The Hall–Kier alpha value is -0.580. The van der Waals surface area contributed by atoms with Gasteiger partial charge in [0.1, 0.15) is 9.20 Å². The minimum absolute atomic E-state index is 0.183. The highest BCUT2D eigenvalue weighted by Crippen LogP contribution is 2.21. The molecule has 0 saturated carbocycles. The van der Waals surface area contributed by atoms with E-state index in [1.807, 2.05) is 0 Å². The van der Waals surface area contributed by atoms with Crippen molar-refractivity contribution >= 4 is 38.6 Å². The summed E-state index contributed by atoms with van der Waals surface area (Å²) in [5.74, 6) is 0. The zero-order valence-electron chi connectivity index (χ0n) is 10.00. The molecule has 0 amide bonds. The van der Waals surface area contributed by atoms with Crippen LogP contribution in [0.4, 0.5) is 0 Å². The molecule has 2 heterocycles. The molecule has 1 aliphatic heterocycles. The van der Waals surface area contributed by atoms with E-state index in [-0.39, 0.29) is 21.8 Å². The molecule has 19 heavy (non-hydrogen) atoms. The fraction of sp³-hybridized carbons (Fsp3) is 0.500. The summed E-state index contributed by atoms with van der Waals surface area (Å²) < 4.78 is 37.3. The maximum absolute atomic E-state index is 12.0. The summed E-state index contributed by atoms with van der Waals surface area (Å²) in [4.78, 5) is 0.767. The molecule has 9 heteroatoms. The van der Waals surface area contributed by atoms with Crippen LogP contribution in [0.1, 0.15) is 4.88 Å². The molecule has 0 aliphatic carbocycles. The van der Waals surface area contributed by atoms with E-state index >= 15 is 0 Å². The second-order valence-electron chi connectivity index (χ2n) is 3.90. The van der Waals surface area contributed by atoms with Crippen LogP contribution in [0, 0.1) is 0 Å². The number of hydrogen-bond acceptors (Lipinski definition) is 6. The zero-order chi connectivity index (χ0) is 13.9. The molecule has 1 fully saturated rings. The lowest BCUT2D eigenvalue weighted by Crippen LogP contribution is -2.39. The molecule has 1 unspecified atom stereocenters. The minimum atomic E-state index is -3.55. The lowest BCUT2D eigenvalue weighted by molar-refractivity contribution is -0.0846. The normalized spacial score (nSPS) is 20.3. The van der Waals surface area contributed by atoms with Gasteiger partial charge in [-0.05, 0) is 12.1 Å². The maximum Gasteiger partial charge on any atom is 0.250 e. The van der Waals surface area contributed by atoms with Crippen LogP contribution in [-0.4, -0.2) is 45.9 Å². The van der Waals surface area contributed by atoms with Gasteiger partial charge in [0.25, 0.3) is 0 Å². The highest BCUT2D eigenvalue weighted by Gasteiger charge is 2.21. The molecule has 106 valence electrons. The molecular weight excluding hydrogens is 308 g/mol. The Morgan fingerprint density at radius 3 is 2.89 bits per heavy atom. The van der Waals surface area contributed by atoms with E-state index in [1.54, 1.807) is 6.07 Å². The van der Waals surface area contributed by atoms with E-state index in [2.05, 4.69) is 4.72 Å². The summed E-state index contributed by atoms with van der Waals surface area (Å²) in [5.41, 5.74) is 5.45. The van der Waals surface area contributed by atoms with Gasteiger partial charge in [-0.3, -0.25) is 0 Å². The van der Waals surface area contributed by atoms with Gasteiger partial charge in [0.2, 0.25) is 10.0 Å². The summed E-state index contributed by atoms with van der Waals surface area (Å²) >= 11 is 5.85. The van der Waals surface area contributed by atoms with Gasteiger partial charge in [0, 0.05) is 6.54 Å². The van der Waals surface area contributed by atoms with E-state index < -0.39 is 10.0 Å². The number of thiocarbonyl (C=S) groups is 1. The fourth-order valence-corrected chi connectivity index (χ4v) is 3.99. The van der Waals surface area contributed by atoms with Crippen LogP contribution >= 0.6 is 23.6 Å². The van der Waals surface area contributed by atoms with Crippen molar-refractivity contribution in [2.75, 3.05) is 26.4 Å². The SMILES string of the molecule is NC(=S)c1ccc(S(=O)(=O)NCC2COCCO2)s1. The highest BCUT2D eigenvalue weighted by atomic mass is 32.2. The Morgan fingerprint density at radius 2 is 2.32 bits per heavy atom. The van der Waals surface area contributed by atoms with E-state index in [0.29, 0.717) is 24.7 Å². The molecule has 1 aromatic rings. The predicted octanol–water partition coefficient (Wildman–Crippen LogP) is 0.0760. The molecular formula is C10H14N2O4S3. The van der Waals surface area contributed by atoms with Gasteiger partial charge in [0.15, 0.2) is 0 Å². The van der Waals surface area contributed by atoms with Crippen molar-refractivity contribution in [2.24, 2.45) is 5.73 Å². The molecule has 2 rings (SSSR count). The number of hydrogen-bond donors (Lipinski definition) is 2. The van der Waals surface area contributed by atoms with Gasteiger partial charge in [-0.15, -0.1) is 11.3 Å². The van der Waals surface area contributed by atoms with Crippen LogP contribution in [0.25, 0.3) is 0 Å². The molecule has 0 radical (unpaired) electrons. The maximum atomic E-state index is 12.0. The number of thiophene rings is 1. The quantitative estimate of drug-likeness (QED) is 0.746. The monoisotopic (exact) mass is 322 g/mol. The smallest absolute Gasteiger partial charge is 0.250 e. The largest absolute Gasteiger partial charge is 0.389 e. The van der Waals surface area contributed by atoms with Crippen molar-refractivity contribution in [3.8, 4) is 0 Å². The Bertz CT molecular complexity index is 549. The average Bonchev–Trinajstić information content (AvgIpc) is 2.88. The molecule has 1 aliphatic rings. The van der Waals surface area contributed by atoms with Gasteiger partial charge in [-0.1, -0.05) is 12.2 Å². The fourth-order valence-electron chi connectivity index (χ4n) is 1.53. The summed E-state index contributed by atoms with van der Waals surface area (Å²) in [6, 6.07) is 3.08. The van der Waals surface area contributed by atoms with Crippen molar-refractivity contribution in [1.29, 1.82) is 0 Å². The Balaban J connectivity index is 1.98. The molecule has 3 N–H and O–H groups in total. The van der Waals surface area contributed by atoms with Crippen LogP contribution in [0.5, 0.6) is 0 Å². The summed E-state index contributed by atoms with van der Waals surface area (Å²) in [5, 5.41) is 0. The Morgan fingerprint density at radius 1 is 1.53 bits per heavy atom. The molecule has 0 spiro atoms. The van der Waals surface area contributed by atoms with Crippen LogP contribution in [-0.2, 0) is 19.5 Å². The van der Waals surface area contributed by atoms with Crippen LogP contribution in [0.3, 0.4) is 0 Å². The molecule has 0 bridgehead atoms. The van der Waals surface area contributed by atoms with Gasteiger partial charge in [-0.2, -0.15) is 0 Å². The number of rotatable bonds is 5. The molecule has 6 nitrogen and oxygen atoms in total. The molecule has 1 saturated heterocycles.